The maximum absolute atomic E-state index is 12.5. The van der Waals surface area contributed by atoms with Crippen molar-refractivity contribution in [2.24, 2.45) is 0 Å². The zero-order valence-corrected chi connectivity index (χ0v) is 20.5. The van der Waals surface area contributed by atoms with Crippen molar-refractivity contribution in [3.63, 3.8) is 0 Å². The number of alkyl carbamates (subject to hydrolysis) is 1. The summed E-state index contributed by atoms with van der Waals surface area (Å²) in [5, 5.41) is 5.39. The fraction of sp³-hybridized carbons (Fsp3) is 0.500. The lowest BCUT2D eigenvalue weighted by atomic mass is 9.94. The number of ether oxygens (including phenoxy) is 1. The number of hydrogen-bond donors (Lipinski definition) is 2. The zero-order chi connectivity index (χ0) is 24.7. The van der Waals surface area contributed by atoms with Crippen LogP contribution in [-0.2, 0) is 16.1 Å². The minimum absolute atomic E-state index is 0.0618. The van der Waals surface area contributed by atoms with Gasteiger partial charge in [-0.05, 0) is 57.4 Å². The first-order valence-corrected chi connectivity index (χ1v) is 11.8. The molecule has 1 fully saturated rings. The van der Waals surface area contributed by atoms with E-state index < -0.39 is 17.6 Å². The average molecular weight is 470 g/mol. The van der Waals surface area contributed by atoms with Crippen molar-refractivity contribution in [3.05, 3.63) is 47.7 Å². The molecule has 1 aliphatic rings. The van der Waals surface area contributed by atoms with Crippen LogP contribution >= 0.6 is 0 Å². The standard InChI is InChI=1S/C26H35N3O5/c1-26(2,3)34-25(32)28-16-18-9-8-10-19(15-18)21-13-14-22(33-21)24(31)27-17-23(30)29(4)20-11-6-5-7-12-20/h8-10,13-15,20H,5-7,11-12,16-17H2,1-4H3,(H,27,31)(H,28,32). The molecule has 1 aromatic carbocycles. The van der Waals surface area contributed by atoms with Gasteiger partial charge in [-0.1, -0.05) is 37.5 Å². The predicted molar refractivity (Wildman–Crippen MR) is 129 cm³/mol. The zero-order valence-electron chi connectivity index (χ0n) is 20.5. The lowest BCUT2D eigenvalue weighted by Gasteiger charge is -2.31. The number of carbonyl (C=O) groups excluding carboxylic acids is 3. The highest BCUT2D eigenvalue weighted by Crippen LogP contribution is 2.24. The third-order valence-corrected chi connectivity index (χ3v) is 5.79. The van der Waals surface area contributed by atoms with Gasteiger partial charge in [0, 0.05) is 25.2 Å². The van der Waals surface area contributed by atoms with Gasteiger partial charge in [0.15, 0.2) is 5.76 Å². The van der Waals surface area contributed by atoms with Crippen molar-refractivity contribution in [1.29, 1.82) is 0 Å². The number of amides is 3. The van der Waals surface area contributed by atoms with Gasteiger partial charge in [-0.3, -0.25) is 9.59 Å². The first-order chi connectivity index (χ1) is 16.1. The highest BCUT2D eigenvalue weighted by molar-refractivity contribution is 5.94. The lowest BCUT2D eigenvalue weighted by molar-refractivity contribution is -0.131. The maximum atomic E-state index is 12.5. The molecule has 1 aliphatic carbocycles. The van der Waals surface area contributed by atoms with E-state index in [4.69, 9.17) is 9.15 Å². The molecule has 0 aliphatic heterocycles. The first kappa shape index (κ1) is 25.3. The molecular weight excluding hydrogens is 434 g/mol. The molecule has 2 aromatic rings. The summed E-state index contributed by atoms with van der Waals surface area (Å²) in [6.45, 7) is 5.66. The van der Waals surface area contributed by atoms with Crippen LogP contribution in [0.3, 0.4) is 0 Å². The largest absolute Gasteiger partial charge is 0.451 e. The van der Waals surface area contributed by atoms with Crippen LogP contribution in [0.15, 0.2) is 40.8 Å². The van der Waals surface area contributed by atoms with Crippen LogP contribution in [0.25, 0.3) is 11.3 Å². The predicted octanol–water partition coefficient (Wildman–Crippen LogP) is 4.49. The fourth-order valence-corrected chi connectivity index (χ4v) is 3.98. The molecule has 2 N–H and O–H groups in total. The van der Waals surface area contributed by atoms with E-state index in [-0.39, 0.29) is 24.3 Å². The van der Waals surface area contributed by atoms with Crippen LogP contribution < -0.4 is 10.6 Å². The topological polar surface area (TPSA) is 101 Å². The number of rotatable bonds is 7. The molecular formula is C26H35N3O5. The third kappa shape index (κ3) is 7.37. The molecule has 0 spiro atoms. The number of benzene rings is 1. The van der Waals surface area contributed by atoms with Crippen LogP contribution in [0.2, 0.25) is 0 Å². The van der Waals surface area contributed by atoms with Crippen LogP contribution in [0.5, 0.6) is 0 Å². The molecule has 0 unspecified atom stereocenters. The van der Waals surface area contributed by atoms with Crippen molar-refractivity contribution in [3.8, 4) is 11.3 Å². The van der Waals surface area contributed by atoms with Gasteiger partial charge in [-0.25, -0.2) is 4.79 Å². The van der Waals surface area contributed by atoms with E-state index in [1.54, 1.807) is 24.1 Å². The number of likely N-dealkylation sites (N-methyl/N-ethyl adjacent to an activating group) is 1. The Kier molecular flexibility index (Phi) is 8.36. The van der Waals surface area contributed by atoms with Gasteiger partial charge in [0.05, 0.1) is 6.54 Å². The molecule has 0 bridgehead atoms. The van der Waals surface area contributed by atoms with Crippen molar-refractivity contribution in [2.75, 3.05) is 13.6 Å². The van der Waals surface area contributed by atoms with Crippen molar-refractivity contribution >= 4 is 17.9 Å². The molecule has 184 valence electrons. The van der Waals surface area contributed by atoms with E-state index in [9.17, 15) is 14.4 Å². The molecule has 8 nitrogen and oxygen atoms in total. The number of carbonyl (C=O) groups is 3. The van der Waals surface area contributed by atoms with Gasteiger partial charge in [0.2, 0.25) is 5.91 Å². The van der Waals surface area contributed by atoms with E-state index in [0.29, 0.717) is 12.3 Å². The second-order valence-electron chi connectivity index (χ2n) is 9.70. The number of furan rings is 1. The monoisotopic (exact) mass is 469 g/mol. The summed E-state index contributed by atoms with van der Waals surface area (Å²) in [7, 11) is 1.81. The molecule has 8 heteroatoms. The van der Waals surface area contributed by atoms with E-state index in [1.165, 1.54) is 6.42 Å². The molecule has 1 aromatic heterocycles. The number of hydrogen-bond acceptors (Lipinski definition) is 5. The van der Waals surface area contributed by atoms with Gasteiger partial charge in [0.25, 0.3) is 5.91 Å². The Bertz CT molecular complexity index is 1000. The smallest absolute Gasteiger partial charge is 0.407 e. The Morgan fingerprint density at radius 1 is 1.06 bits per heavy atom. The van der Waals surface area contributed by atoms with Gasteiger partial charge >= 0.3 is 6.09 Å². The number of nitrogens with zero attached hydrogens (tertiary/aromatic N) is 1. The third-order valence-electron chi connectivity index (χ3n) is 5.79. The molecule has 34 heavy (non-hydrogen) atoms. The van der Waals surface area contributed by atoms with E-state index in [2.05, 4.69) is 10.6 Å². The molecule has 3 rings (SSSR count). The molecule has 0 atom stereocenters. The van der Waals surface area contributed by atoms with Gasteiger partial charge in [0.1, 0.15) is 11.4 Å². The Labute approximate surface area is 201 Å². The van der Waals surface area contributed by atoms with Crippen molar-refractivity contribution in [1.82, 2.24) is 15.5 Å². The van der Waals surface area contributed by atoms with Gasteiger partial charge < -0.3 is 24.7 Å². The summed E-state index contributed by atoms with van der Waals surface area (Å²) < 4.78 is 11.0. The summed E-state index contributed by atoms with van der Waals surface area (Å²) in [6.07, 6.45) is 5.05. The van der Waals surface area contributed by atoms with Crippen LogP contribution in [0, 0.1) is 0 Å². The van der Waals surface area contributed by atoms with Crippen molar-refractivity contribution in [2.45, 2.75) is 71.1 Å². The van der Waals surface area contributed by atoms with Crippen molar-refractivity contribution < 1.29 is 23.5 Å². The van der Waals surface area contributed by atoms with Gasteiger partial charge in [-0.2, -0.15) is 0 Å². The summed E-state index contributed by atoms with van der Waals surface area (Å²) >= 11 is 0. The normalized spacial score (nSPS) is 14.4. The summed E-state index contributed by atoms with van der Waals surface area (Å²) in [5.41, 5.74) is 1.07. The van der Waals surface area contributed by atoms with E-state index in [0.717, 1.165) is 36.8 Å². The maximum Gasteiger partial charge on any atom is 0.407 e. The summed E-state index contributed by atoms with van der Waals surface area (Å²) in [6, 6.07) is 11.0. The average Bonchev–Trinajstić information content (AvgIpc) is 3.31. The lowest BCUT2D eigenvalue weighted by Crippen LogP contribution is -2.44. The molecule has 0 radical (unpaired) electrons. The Balaban J connectivity index is 1.54. The second-order valence-corrected chi connectivity index (χ2v) is 9.70. The minimum Gasteiger partial charge on any atom is -0.451 e. The summed E-state index contributed by atoms with van der Waals surface area (Å²) in [5.74, 6) is 0.131. The SMILES string of the molecule is CN(C(=O)CNC(=O)c1ccc(-c2cccc(CNC(=O)OC(C)(C)C)c2)o1)C1CCCCC1. The minimum atomic E-state index is -0.563. The molecule has 0 saturated heterocycles. The molecule has 1 heterocycles. The first-order valence-electron chi connectivity index (χ1n) is 11.8. The van der Waals surface area contributed by atoms with E-state index >= 15 is 0 Å². The Morgan fingerprint density at radius 2 is 1.79 bits per heavy atom. The fourth-order valence-electron chi connectivity index (χ4n) is 3.98. The second kappa shape index (κ2) is 11.2. The Morgan fingerprint density at radius 3 is 2.50 bits per heavy atom. The van der Waals surface area contributed by atoms with Crippen LogP contribution in [0.4, 0.5) is 4.79 Å². The quantitative estimate of drug-likeness (QED) is 0.622. The molecule has 3 amide bonds. The highest BCUT2D eigenvalue weighted by atomic mass is 16.6. The Hall–Kier alpha value is -3.29. The van der Waals surface area contributed by atoms with E-state index in [1.807, 2.05) is 45.0 Å². The van der Waals surface area contributed by atoms with Gasteiger partial charge in [-0.15, -0.1) is 0 Å². The van der Waals surface area contributed by atoms with Crippen LogP contribution in [-0.4, -0.2) is 48.0 Å². The summed E-state index contributed by atoms with van der Waals surface area (Å²) in [4.78, 5) is 38.6. The van der Waals surface area contributed by atoms with Crippen LogP contribution in [0.1, 0.15) is 69.0 Å². The highest BCUT2D eigenvalue weighted by Gasteiger charge is 2.23. The molecule has 1 saturated carbocycles. The number of nitrogens with one attached hydrogen (secondary N) is 2.